The van der Waals surface area contributed by atoms with E-state index < -0.39 is 0 Å². The van der Waals surface area contributed by atoms with E-state index in [1.54, 1.807) is 13.0 Å². The van der Waals surface area contributed by atoms with Gasteiger partial charge in [-0.15, -0.1) is 0 Å². The van der Waals surface area contributed by atoms with Crippen LogP contribution in [0.5, 0.6) is 0 Å². The van der Waals surface area contributed by atoms with Crippen molar-refractivity contribution in [2.75, 3.05) is 0 Å². The van der Waals surface area contributed by atoms with Gasteiger partial charge < -0.3 is 9.73 Å². The molecule has 0 bridgehead atoms. The molecule has 1 aromatic rings. The summed E-state index contributed by atoms with van der Waals surface area (Å²) in [7, 11) is 0. The molecule has 1 N–H and O–H groups in total. The molecular weight excluding hydrogens is 192 g/mol. The summed E-state index contributed by atoms with van der Waals surface area (Å²) < 4.78 is 5.03. The molecule has 4 heteroatoms. The molecule has 80 valence electrons. The monoisotopic (exact) mass is 206 g/mol. The molecule has 1 heterocycles. The molecule has 15 heavy (non-hydrogen) atoms. The van der Waals surface area contributed by atoms with Crippen molar-refractivity contribution in [1.29, 1.82) is 5.26 Å². The van der Waals surface area contributed by atoms with E-state index >= 15 is 0 Å². The van der Waals surface area contributed by atoms with Crippen LogP contribution in [0, 0.1) is 18.3 Å². The molecule has 0 fully saturated rings. The van der Waals surface area contributed by atoms with Crippen molar-refractivity contribution in [3.63, 3.8) is 0 Å². The Kier molecular flexibility index (Phi) is 3.92. The Morgan fingerprint density at radius 2 is 2.47 bits per heavy atom. The summed E-state index contributed by atoms with van der Waals surface area (Å²) in [6, 6.07) is 3.63. The topological polar surface area (TPSA) is 66.0 Å². The number of hydrogen-bond acceptors (Lipinski definition) is 3. The van der Waals surface area contributed by atoms with Gasteiger partial charge in [-0.3, -0.25) is 4.79 Å². The number of rotatable bonds is 4. The highest BCUT2D eigenvalue weighted by Gasteiger charge is 2.13. The zero-order valence-electron chi connectivity index (χ0n) is 8.91. The number of hydrogen-bond donors (Lipinski definition) is 1. The number of aryl methyl sites for hydroxylation is 1. The first-order valence-electron chi connectivity index (χ1n) is 4.90. The second kappa shape index (κ2) is 5.20. The minimum atomic E-state index is -0.186. The molecule has 4 nitrogen and oxygen atoms in total. The van der Waals surface area contributed by atoms with Gasteiger partial charge in [-0.05, 0) is 19.4 Å². The van der Waals surface area contributed by atoms with E-state index in [9.17, 15) is 4.79 Å². The lowest BCUT2D eigenvalue weighted by Crippen LogP contribution is -2.33. The quantitative estimate of drug-likeness (QED) is 0.819. The Labute approximate surface area is 88.9 Å². The highest BCUT2D eigenvalue weighted by molar-refractivity contribution is 5.94. The molecule has 0 saturated heterocycles. The highest BCUT2D eigenvalue weighted by Crippen LogP contribution is 2.07. The van der Waals surface area contributed by atoms with Crippen LogP contribution in [0.4, 0.5) is 0 Å². The van der Waals surface area contributed by atoms with Crippen LogP contribution in [-0.4, -0.2) is 11.9 Å². The molecule has 0 spiro atoms. The van der Waals surface area contributed by atoms with Gasteiger partial charge in [0.25, 0.3) is 5.91 Å². The van der Waals surface area contributed by atoms with Gasteiger partial charge in [-0.2, -0.15) is 5.26 Å². The summed E-state index contributed by atoms with van der Waals surface area (Å²) in [6.45, 7) is 3.71. The molecule has 0 saturated carbocycles. The Morgan fingerprint density at radius 3 is 2.93 bits per heavy atom. The summed E-state index contributed by atoms with van der Waals surface area (Å²) in [5.41, 5.74) is 0.504. The fraction of sp³-hybridized carbons (Fsp3) is 0.455. The first kappa shape index (κ1) is 11.3. The molecular formula is C11H14N2O2. The van der Waals surface area contributed by atoms with Crippen LogP contribution in [-0.2, 0) is 0 Å². The predicted octanol–water partition coefficient (Wildman–Crippen LogP) is 2.01. The number of amides is 1. The SMILES string of the molecule is CCC(CC#N)NC(=O)c1coc(C)c1. The zero-order chi connectivity index (χ0) is 11.3. The fourth-order valence-corrected chi connectivity index (χ4v) is 1.24. The lowest BCUT2D eigenvalue weighted by Gasteiger charge is -2.12. The Bertz CT molecular complexity index is 376. The van der Waals surface area contributed by atoms with Gasteiger partial charge in [-0.25, -0.2) is 0 Å². The van der Waals surface area contributed by atoms with Gasteiger partial charge in [-0.1, -0.05) is 6.92 Å². The maximum atomic E-state index is 11.6. The van der Waals surface area contributed by atoms with Crippen molar-refractivity contribution in [1.82, 2.24) is 5.32 Å². The minimum absolute atomic E-state index is 0.0855. The van der Waals surface area contributed by atoms with Crippen LogP contribution in [0.15, 0.2) is 16.7 Å². The van der Waals surface area contributed by atoms with Crippen LogP contribution in [0.2, 0.25) is 0 Å². The Morgan fingerprint density at radius 1 is 1.73 bits per heavy atom. The summed E-state index contributed by atoms with van der Waals surface area (Å²) in [5.74, 6) is 0.516. The first-order valence-corrected chi connectivity index (χ1v) is 4.90. The lowest BCUT2D eigenvalue weighted by molar-refractivity contribution is 0.0936. The molecule has 0 aromatic carbocycles. The van der Waals surface area contributed by atoms with Crippen LogP contribution in [0.1, 0.15) is 35.9 Å². The molecule has 1 amide bonds. The molecule has 1 aromatic heterocycles. The van der Waals surface area contributed by atoms with Crippen LogP contribution in [0.25, 0.3) is 0 Å². The standard InChI is InChI=1S/C11H14N2O2/c1-3-10(4-5-12)13-11(14)9-6-8(2)15-7-9/h6-7,10H,3-4H2,1-2H3,(H,13,14). The molecule has 1 atom stereocenters. The number of carbonyl (C=O) groups is 1. The molecule has 0 aliphatic carbocycles. The highest BCUT2D eigenvalue weighted by atomic mass is 16.3. The predicted molar refractivity (Wildman–Crippen MR) is 55.2 cm³/mol. The Balaban J connectivity index is 2.59. The smallest absolute Gasteiger partial charge is 0.254 e. The lowest BCUT2D eigenvalue weighted by atomic mass is 10.1. The largest absolute Gasteiger partial charge is 0.469 e. The average molecular weight is 206 g/mol. The Hall–Kier alpha value is -1.76. The summed E-state index contributed by atoms with van der Waals surface area (Å²) in [6.07, 6.45) is 2.50. The molecule has 0 aliphatic rings. The van der Waals surface area contributed by atoms with Crippen molar-refractivity contribution < 1.29 is 9.21 Å². The average Bonchev–Trinajstić information content (AvgIpc) is 2.64. The number of nitriles is 1. The first-order chi connectivity index (χ1) is 7.17. The third kappa shape index (κ3) is 3.13. The van der Waals surface area contributed by atoms with E-state index in [1.165, 1.54) is 6.26 Å². The van der Waals surface area contributed by atoms with E-state index in [-0.39, 0.29) is 11.9 Å². The van der Waals surface area contributed by atoms with Crippen molar-refractivity contribution >= 4 is 5.91 Å². The van der Waals surface area contributed by atoms with Gasteiger partial charge in [0, 0.05) is 6.04 Å². The van der Waals surface area contributed by atoms with Crippen molar-refractivity contribution in [2.45, 2.75) is 32.7 Å². The third-order valence-electron chi connectivity index (χ3n) is 2.16. The van der Waals surface area contributed by atoms with Crippen LogP contribution >= 0.6 is 0 Å². The summed E-state index contributed by atoms with van der Waals surface area (Å²) in [4.78, 5) is 11.6. The number of nitrogens with zero attached hydrogens (tertiary/aromatic N) is 1. The summed E-state index contributed by atoms with van der Waals surface area (Å²) in [5, 5.41) is 11.3. The van der Waals surface area contributed by atoms with Gasteiger partial charge in [0.15, 0.2) is 0 Å². The molecule has 1 unspecified atom stereocenters. The number of furan rings is 1. The van der Waals surface area contributed by atoms with E-state index in [4.69, 9.17) is 9.68 Å². The maximum absolute atomic E-state index is 11.6. The van der Waals surface area contributed by atoms with Crippen molar-refractivity contribution in [2.24, 2.45) is 0 Å². The molecule has 0 aliphatic heterocycles. The van der Waals surface area contributed by atoms with E-state index in [1.807, 2.05) is 13.0 Å². The van der Waals surface area contributed by atoms with E-state index in [0.29, 0.717) is 17.7 Å². The van der Waals surface area contributed by atoms with Gasteiger partial charge in [0.2, 0.25) is 0 Å². The molecule has 1 rings (SSSR count). The number of carbonyl (C=O) groups excluding carboxylic acids is 1. The minimum Gasteiger partial charge on any atom is -0.469 e. The fourth-order valence-electron chi connectivity index (χ4n) is 1.24. The van der Waals surface area contributed by atoms with Crippen molar-refractivity contribution in [3.05, 3.63) is 23.7 Å². The van der Waals surface area contributed by atoms with E-state index in [0.717, 1.165) is 6.42 Å². The van der Waals surface area contributed by atoms with Gasteiger partial charge in [0.1, 0.15) is 12.0 Å². The second-order valence-corrected chi connectivity index (χ2v) is 3.39. The van der Waals surface area contributed by atoms with Gasteiger partial charge >= 0.3 is 0 Å². The maximum Gasteiger partial charge on any atom is 0.254 e. The third-order valence-corrected chi connectivity index (χ3v) is 2.16. The van der Waals surface area contributed by atoms with Gasteiger partial charge in [0.05, 0.1) is 18.1 Å². The second-order valence-electron chi connectivity index (χ2n) is 3.39. The molecule has 0 radical (unpaired) electrons. The van der Waals surface area contributed by atoms with E-state index in [2.05, 4.69) is 5.32 Å². The summed E-state index contributed by atoms with van der Waals surface area (Å²) >= 11 is 0. The zero-order valence-corrected chi connectivity index (χ0v) is 8.91. The normalized spacial score (nSPS) is 11.8. The van der Waals surface area contributed by atoms with Crippen LogP contribution in [0.3, 0.4) is 0 Å². The number of nitrogens with one attached hydrogen (secondary N) is 1. The van der Waals surface area contributed by atoms with Crippen molar-refractivity contribution in [3.8, 4) is 6.07 Å². The van der Waals surface area contributed by atoms with Crippen LogP contribution < -0.4 is 5.32 Å².